The number of para-hydroxylation sites is 1. The lowest BCUT2D eigenvalue weighted by atomic mass is 10.1. The summed E-state index contributed by atoms with van der Waals surface area (Å²) in [5, 5.41) is 11.2. The number of thioether (sulfide) groups is 1. The van der Waals surface area contributed by atoms with Crippen LogP contribution in [0, 0.1) is 0 Å². The number of amidine groups is 1. The first kappa shape index (κ1) is 23.6. The number of phenols is 1. The zero-order chi connectivity index (χ0) is 24.1. The van der Waals surface area contributed by atoms with Gasteiger partial charge in [0, 0.05) is 5.56 Å². The molecule has 6 heteroatoms. The number of aliphatic imine (C=N–C) groups is 1. The Hall–Kier alpha value is -3.51. The molecule has 0 radical (unpaired) electrons. The third kappa shape index (κ3) is 5.02. The van der Waals surface area contributed by atoms with Gasteiger partial charge in [-0.15, -0.1) is 0 Å². The number of carbonyl (C=O) groups is 1. The highest BCUT2D eigenvalue weighted by atomic mass is 32.2. The molecule has 4 rings (SSSR count). The van der Waals surface area contributed by atoms with Gasteiger partial charge in [0.25, 0.3) is 5.91 Å². The van der Waals surface area contributed by atoms with Crippen LogP contribution >= 0.6 is 11.8 Å². The lowest BCUT2D eigenvalue weighted by Gasteiger charge is -2.16. The van der Waals surface area contributed by atoms with Crippen molar-refractivity contribution in [3.63, 3.8) is 0 Å². The maximum Gasteiger partial charge on any atom is 0.271 e. The molecule has 1 N–H and O–H groups in total. The topological polar surface area (TPSA) is 62.1 Å². The number of hydrogen-bond donors (Lipinski definition) is 1. The second kappa shape index (κ2) is 10.6. The van der Waals surface area contributed by atoms with Gasteiger partial charge in [0.1, 0.15) is 0 Å². The van der Waals surface area contributed by atoms with Crippen molar-refractivity contribution in [3.05, 3.63) is 88.3 Å². The number of anilines is 1. The van der Waals surface area contributed by atoms with Crippen LogP contribution < -0.4 is 9.64 Å². The van der Waals surface area contributed by atoms with Crippen molar-refractivity contribution in [1.82, 2.24) is 0 Å². The number of aromatic hydroxyl groups is 1. The zero-order valence-electron chi connectivity index (χ0n) is 19.6. The third-order valence-electron chi connectivity index (χ3n) is 5.60. The summed E-state index contributed by atoms with van der Waals surface area (Å²) in [6, 6.07) is 21.3. The Morgan fingerprint density at radius 2 is 1.59 bits per heavy atom. The van der Waals surface area contributed by atoms with Crippen LogP contribution in [0.4, 0.5) is 11.4 Å². The zero-order valence-corrected chi connectivity index (χ0v) is 20.4. The van der Waals surface area contributed by atoms with Crippen LogP contribution in [0.1, 0.15) is 37.5 Å². The number of hydrogen-bond acceptors (Lipinski definition) is 5. The first-order valence-electron chi connectivity index (χ1n) is 11.5. The van der Waals surface area contributed by atoms with Crippen molar-refractivity contribution in [1.29, 1.82) is 0 Å². The molecule has 174 valence electrons. The number of phenolic OH excluding ortho intramolecular Hbond substituents is 1. The average molecular weight is 473 g/mol. The fraction of sp³-hybridized carbons (Fsp3) is 0.214. The predicted octanol–water partition coefficient (Wildman–Crippen LogP) is 6.72. The number of aryl methyl sites for hydroxylation is 2. The van der Waals surface area contributed by atoms with E-state index in [9.17, 15) is 9.90 Å². The van der Waals surface area contributed by atoms with E-state index >= 15 is 0 Å². The van der Waals surface area contributed by atoms with E-state index in [1.165, 1.54) is 22.9 Å². The van der Waals surface area contributed by atoms with Crippen LogP contribution in [0.2, 0.25) is 0 Å². The van der Waals surface area contributed by atoms with Gasteiger partial charge in [-0.3, -0.25) is 9.69 Å². The Balaban J connectivity index is 1.75. The Morgan fingerprint density at radius 3 is 2.21 bits per heavy atom. The summed E-state index contributed by atoms with van der Waals surface area (Å²) in [5.74, 6) is 0.230. The number of rotatable bonds is 7. The van der Waals surface area contributed by atoms with Gasteiger partial charge in [0.2, 0.25) is 0 Å². The van der Waals surface area contributed by atoms with E-state index in [1.807, 2.05) is 43.3 Å². The summed E-state index contributed by atoms with van der Waals surface area (Å²) in [7, 11) is 0. The molecule has 0 spiro atoms. The minimum absolute atomic E-state index is 0.0182. The van der Waals surface area contributed by atoms with Gasteiger partial charge in [0.15, 0.2) is 16.7 Å². The highest BCUT2D eigenvalue weighted by molar-refractivity contribution is 8.19. The summed E-state index contributed by atoms with van der Waals surface area (Å²) in [6.07, 6.45) is 3.58. The first-order chi connectivity index (χ1) is 16.5. The van der Waals surface area contributed by atoms with E-state index in [1.54, 1.807) is 29.2 Å². The lowest BCUT2D eigenvalue weighted by Crippen LogP contribution is -2.28. The van der Waals surface area contributed by atoms with Gasteiger partial charge >= 0.3 is 0 Å². The van der Waals surface area contributed by atoms with Crippen LogP contribution in [0.15, 0.2) is 76.6 Å². The van der Waals surface area contributed by atoms with Crippen LogP contribution in [0.3, 0.4) is 0 Å². The van der Waals surface area contributed by atoms with E-state index in [2.05, 4.69) is 26.0 Å². The molecule has 0 atom stereocenters. The second-order valence-corrected chi connectivity index (χ2v) is 8.82. The first-order valence-corrected chi connectivity index (χ1v) is 12.3. The lowest BCUT2D eigenvalue weighted by molar-refractivity contribution is -0.113. The van der Waals surface area contributed by atoms with Crippen molar-refractivity contribution in [2.45, 2.75) is 33.6 Å². The van der Waals surface area contributed by atoms with Crippen molar-refractivity contribution >= 4 is 40.3 Å². The number of carbonyl (C=O) groups excluding carboxylic acids is 1. The third-order valence-corrected chi connectivity index (χ3v) is 6.56. The number of amides is 1. The van der Waals surface area contributed by atoms with E-state index in [0.29, 0.717) is 28.0 Å². The predicted molar refractivity (Wildman–Crippen MR) is 141 cm³/mol. The highest BCUT2D eigenvalue weighted by Gasteiger charge is 2.35. The molecule has 5 nitrogen and oxygen atoms in total. The summed E-state index contributed by atoms with van der Waals surface area (Å²) < 4.78 is 5.49. The molecular weight excluding hydrogens is 444 g/mol. The smallest absolute Gasteiger partial charge is 0.271 e. The maximum absolute atomic E-state index is 13.5. The summed E-state index contributed by atoms with van der Waals surface area (Å²) in [5.41, 5.74) is 4.50. The van der Waals surface area contributed by atoms with Crippen LogP contribution in [-0.4, -0.2) is 22.8 Å². The molecule has 0 aromatic heterocycles. The van der Waals surface area contributed by atoms with Crippen LogP contribution in [0.5, 0.6) is 11.5 Å². The van der Waals surface area contributed by atoms with Crippen molar-refractivity contribution in [3.8, 4) is 11.5 Å². The van der Waals surface area contributed by atoms with Crippen molar-refractivity contribution in [2.24, 2.45) is 4.99 Å². The van der Waals surface area contributed by atoms with E-state index in [-0.39, 0.29) is 11.7 Å². The fourth-order valence-electron chi connectivity index (χ4n) is 3.64. The largest absolute Gasteiger partial charge is 0.504 e. The minimum Gasteiger partial charge on any atom is -0.504 e. The molecular formula is C28H28N2O3S. The van der Waals surface area contributed by atoms with Gasteiger partial charge < -0.3 is 9.84 Å². The van der Waals surface area contributed by atoms with Gasteiger partial charge in [0.05, 0.1) is 22.9 Å². The minimum atomic E-state index is -0.181. The van der Waals surface area contributed by atoms with Crippen LogP contribution in [-0.2, 0) is 17.6 Å². The number of ether oxygens (including phenoxy) is 1. The molecule has 1 heterocycles. The average Bonchev–Trinajstić information content (AvgIpc) is 3.16. The quantitative estimate of drug-likeness (QED) is 0.388. The van der Waals surface area contributed by atoms with E-state index in [0.717, 1.165) is 24.2 Å². The van der Waals surface area contributed by atoms with Crippen molar-refractivity contribution < 1.29 is 14.6 Å². The number of benzene rings is 3. The summed E-state index contributed by atoms with van der Waals surface area (Å²) in [4.78, 5) is 20.4. The molecule has 0 aliphatic carbocycles. The molecule has 0 bridgehead atoms. The highest BCUT2D eigenvalue weighted by Crippen LogP contribution is 2.39. The molecule has 1 amide bonds. The molecule has 1 saturated heterocycles. The maximum atomic E-state index is 13.5. The molecule has 3 aromatic rings. The van der Waals surface area contributed by atoms with Crippen LogP contribution in [0.25, 0.3) is 6.08 Å². The van der Waals surface area contributed by atoms with E-state index < -0.39 is 0 Å². The normalized spacial score (nSPS) is 16.0. The monoisotopic (exact) mass is 472 g/mol. The van der Waals surface area contributed by atoms with Gasteiger partial charge in [-0.1, -0.05) is 50.2 Å². The molecule has 0 saturated carbocycles. The molecule has 1 aliphatic rings. The standard InChI is InChI=1S/C28H28N2O3S/c1-4-19-10-14-22(15-11-19)29-28-30(23-16-12-20(5-2)13-17-23)27(32)25(34-28)18-21-8-7-9-24(26(21)31)33-6-3/h7-18,31H,4-6H2,1-3H3/b25-18-,29-28?. The van der Waals surface area contributed by atoms with Gasteiger partial charge in [-0.05, 0) is 79.1 Å². The van der Waals surface area contributed by atoms with E-state index in [4.69, 9.17) is 9.73 Å². The Labute approximate surface area is 204 Å². The van der Waals surface area contributed by atoms with Gasteiger partial charge in [-0.25, -0.2) is 4.99 Å². The molecule has 0 unspecified atom stereocenters. The van der Waals surface area contributed by atoms with Crippen molar-refractivity contribution in [2.75, 3.05) is 11.5 Å². The Morgan fingerprint density at radius 1 is 0.941 bits per heavy atom. The second-order valence-electron chi connectivity index (χ2n) is 7.81. The van der Waals surface area contributed by atoms with Gasteiger partial charge in [-0.2, -0.15) is 0 Å². The molecule has 34 heavy (non-hydrogen) atoms. The summed E-state index contributed by atoms with van der Waals surface area (Å²) >= 11 is 1.29. The molecule has 1 fully saturated rings. The Bertz CT molecular complexity index is 1230. The molecule has 1 aliphatic heterocycles. The summed E-state index contributed by atoms with van der Waals surface area (Å²) in [6.45, 7) is 6.51. The SMILES string of the molecule is CCOc1cccc(/C=C2\SC(=Nc3ccc(CC)cc3)N(c3ccc(CC)cc3)C2=O)c1O. The number of nitrogens with zero attached hydrogens (tertiary/aromatic N) is 2. The molecule has 3 aromatic carbocycles. The fourth-order valence-corrected chi connectivity index (χ4v) is 4.63. The Kier molecular flexibility index (Phi) is 7.38.